The molecule has 0 unspecified atom stereocenters. The number of carboxylic acids is 1. The van der Waals surface area contributed by atoms with Crippen molar-refractivity contribution in [2.75, 3.05) is 13.2 Å². The monoisotopic (exact) mass is 329 g/mol. The second kappa shape index (κ2) is 7.66. The number of carbonyl (C=O) groups is 2. The molecule has 8 nitrogen and oxygen atoms in total. The number of hydrogen-bond donors (Lipinski definition) is 1. The van der Waals surface area contributed by atoms with E-state index in [9.17, 15) is 18.0 Å². The van der Waals surface area contributed by atoms with Crippen LogP contribution in [0, 0.1) is 6.92 Å². The number of benzene rings is 1. The van der Waals surface area contributed by atoms with E-state index in [0.29, 0.717) is 0 Å². The lowest BCUT2D eigenvalue weighted by Crippen LogP contribution is -2.29. The highest BCUT2D eigenvalue weighted by Gasteiger charge is 2.24. The maximum absolute atomic E-state index is 11.9. The topological polar surface area (TPSA) is 119 Å². The van der Waals surface area contributed by atoms with Crippen LogP contribution in [-0.2, 0) is 28.7 Å². The summed E-state index contributed by atoms with van der Waals surface area (Å²) in [5.41, 5.74) is -0.0759. The highest BCUT2D eigenvalue weighted by molar-refractivity contribution is 7.86. The lowest BCUT2D eigenvalue weighted by molar-refractivity contribution is -0.130. The van der Waals surface area contributed by atoms with Crippen molar-refractivity contribution in [3.63, 3.8) is 0 Å². The van der Waals surface area contributed by atoms with E-state index in [1.54, 1.807) is 26.0 Å². The van der Waals surface area contributed by atoms with Crippen LogP contribution >= 0.6 is 0 Å². The van der Waals surface area contributed by atoms with E-state index < -0.39 is 34.2 Å². The van der Waals surface area contributed by atoms with Gasteiger partial charge in [0.2, 0.25) is 11.5 Å². The van der Waals surface area contributed by atoms with Gasteiger partial charge in [0.05, 0.1) is 4.90 Å². The Morgan fingerprint density at radius 2 is 1.82 bits per heavy atom. The Hall–Kier alpha value is -2.26. The number of carboxylic acid groups (broad SMARTS) is 1. The van der Waals surface area contributed by atoms with E-state index in [2.05, 4.69) is 14.2 Å². The van der Waals surface area contributed by atoms with Crippen molar-refractivity contribution in [3.05, 3.63) is 29.8 Å². The molecule has 0 aliphatic rings. The smallest absolute Gasteiger partial charge is 0.361 e. The van der Waals surface area contributed by atoms with E-state index in [4.69, 9.17) is 5.11 Å². The van der Waals surface area contributed by atoms with Gasteiger partial charge in [-0.1, -0.05) is 22.9 Å². The Balaban J connectivity index is 2.81. The molecule has 0 saturated heterocycles. The minimum Gasteiger partial charge on any atom is -0.476 e. The highest BCUT2D eigenvalue weighted by atomic mass is 32.2. The van der Waals surface area contributed by atoms with Gasteiger partial charge in [-0.2, -0.15) is 8.42 Å². The maximum atomic E-state index is 11.9. The largest absolute Gasteiger partial charge is 0.476 e. The third kappa shape index (κ3) is 4.93. The summed E-state index contributed by atoms with van der Waals surface area (Å²) in [5.74, 6) is -2.74. The van der Waals surface area contributed by atoms with E-state index in [1.165, 1.54) is 12.1 Å². The molecule has 22 heavy (non-hydrogen) atoms. The molecule has 1 aromatic rings. The first-order valence-corrected chi connectivity index (χ1v) is 7.61. The first-order chi connectivity index (χ1) is 10.3. The Morgan fingerprint density at radius 3 is 2.32 bits per heavy atom. The van der Waals surface area contributed by atoms with Crippen molar-refractivity contribution < 1.29 is 32.1 Å². The second-order valence-electron chi connectivity index (χ2n) is 4.12. The van der Waals surface area contributed by atoms with Gasteiger partial charge in [0.15, 0.2) is 0 Å². The predicted octanol–water partition coefficient (Wildman–Crippen LogP) is 0.747. The van der Waals surface area contributed by atoms with Crippen molar-refractivity contribution >= 4 is 27.6 Å². The molecule has 120 valence electrons. The second-order valence-corrected chi connectivity index (χ2v) is 5.73. The average molecular weight is 329 g/mol. The van der Waals surface area contributed by atoms with Crippen molar-refractivity contribution in [1.82, 2.24) is 0 Å². The van der Waals surface area contributed by atoms with Gasteiger partial charge in [0, 0.05) is 0 Å². The molecule has 0 aliphatic carbocycles. The fourth-order valence-corrected chi connectivity index (χ4v) is 2.18. The molecule has 0 saturated carbocycles. The fraction of sp³-hybridized carbons (Fsp3) is 0.308. The molecule has 9 heteroatoms. The zero-order valence-electron chi connectivity index (χ0n) is 12.0. The Bertz CT molecular complexity index is 677. The molecule has 0 atom stereocenters. The highest BCUT2D eigenvalue weighted by Crippen LogP contribution is 2.13. The molecule has 0 fully saturated rings. The zero-order valence-corrected chi connectivity index (χ0v) is 12.8. The molecule has 1 N–H and O–H groups in total. The standard InChI is InChI=1S/C13H15NO7S/c1-3-20-14-12(13(16)17)11(15)8-21-22(18,19)10-6-4-9(2)5-7-10/h4-7H,3,8H2,1-2H3,(H,16,17). The minimum atomic E-state index is -4.16. The fourth-order valence-electron chi connectivity index (χ4n) is 1.31. The molecule has 0 aromatic heterocycles. The van der Waals surface area contributed by atoms with Gasteiger partial charge in [-0.15, -0.1) is 0 Å². The minimum absolute atomic E-state index is 0.0621. The van der Waals surface area contributed by atoms with Gasteiger partial charge in [-0.05, 0) is 26.0 Å². The molecular weight excluding hydrogens is 314 g/mol. The molecule has 0 aliphatic heterocycles. The number of carbonyl (C=O) groups excluding carboxylic acids is 1. The van der Waals surface area contributed by atoms with Gasteiger partial charge >= 0.3 is 5.97 Å². The van der Waals surface area contributed by atoms with E-state index in [-0.39, 0.29) is 11.5 Å². The van der Waals surface area contributed by atoms with Gasteiger partial charge in [0.25, 0.3) is 10.1 Å². The number of Topliss-reactive ketones (excluding diaryl/α,β-unsaturated/α-hetero) is 1. The summed E-state index contributed by atoms with van der Waals surface area (Å²) in [6.45, 7) is 2.41. The summed E-state index contributed by atoms with van der Waals surface area (Å²) >= 11 is 0. The first-order valence-electron chi connectivity index (χ1n) is 6.20. The van der Waals surface area contributed by atoms with Crippen LogP contribution in [0.4, 0.5) is 0 Å². The van der Waals surface area contributed by atoms with Gasteiger partial charge in [-0.3, -0.25) is 8.98 Å². The SMILES string of the molecule is CCON=C(C(=O)O)C(=O)COS(=O)(=O)c1ccc(C)cc1. The maximum Gasteiger partial charge on any atom is 0.361 e. The Kier molecular flexibility index (Phi) is 6.20. The summed E-state index contributed by atoms with van der Waals surface area (Å²) in [7, 11) is -4.16. The number of aryl methyl sites for hydroxylation is 1. The number of rotatable bonds is 8. The molecule has 1 rings (SSSR count). The lowest BCUT2D eigenvalue weighted by atomic mass is 10.2. The number of nitrogens with zero attached hydrogens (tertiary/aromatic N) is 1. The summed E-state index contributed by atoms with van der Waals surface area (Å²) in [6.07, 6.45) is 0. The van der Waals surface area contributed by atoms with E-state index in [1.807, 2.05) is 0 Å². The third-order valence-corrected chi connectivity index (χ3v) is 3.68. The molecular formula is C13H15NO7S. The lowest BCUT2D eigenvalue weighted by Gasteiger charge is -2.05. The van der Waals surface area contributed by atoms with Crippen LogP contribution in [0.25, 0.3) is 0 Å². The van der Waals surface area contributed by atoms with Crippen LogP contribution < -0.4 is 0 Å². The first kappa shape index (κ1) is 17.8. The third-order valence-electron chi connectivity index (χ3n) is 2.41. The number of hydrogen-bond acceptors (Lipinski definition) is 7. The zero-order chi connectivity index (χ0) is 16.8. The van der Waals surface area contributed by atoms with Gasteiger partial charge in [0.1, 0.15) is 13.2 Å². The molecule has 0 spiro atoms. The van der Waals surface area contributed by atoms with Crippen molar-refractivity contribution in [1.29, 1.82) is 0 Å². The van der Waals surface area contributed by atoms with Crippen LogP contribution in [0.3, 0.4) is 0 Å². The van der Waals surface area contributed by atoms with E-state index >= 15 is 0 Å². The molecule has 1 aromatic carbocycles. The van der Waals surface area contributed by atoms with Crippen LogP contribution in [-0.4, -0.2) is 44.2 Å². The summed E-state index contributed by atoms with van der Waals surface area (Å²) in [4.78, 5) is 26.8. The van der Waals surface area contributed by atoms with Crippen LogP contribution in [0.1, 0.15) is 12.5 Å². The molecule has 0 heterocycles. The van der Waals surface area contributed by atoms with Crippen molar-refractivity contribution in [3.8, 4) is 0 Å². The summed E-state index contributed by atoms with van der Waals surface area (Å²) in [5, 5.41) is 11.9. The average Bonchev–Trinajstić information content (AvgIpc) is 2.45. The van der Waals surface area contributed by atoms with Crippen LogP contribution in [0.2, 0.25) is 0 Å². The van der Waals surface area contributed by atoms with Crippen molar-refractivity contribution in [2.24, 2.45) is 5.16 Å². The Labute approximate surface area is 127 Å². The number of aliphatic carboxylic acids is 1. The molecule has 0 radical (unpaired) electrons. The predicted molar refractivity (Wildman–Crippen MR) is 76.0 cm³/mol. The van der Waals surface area contributed by atoms with E-state index in [0.717, 1.165) is 5.56 Å². The van der Waals surface area contributed by atoms with Crippen molar-refractivity contribution in [2.45, 2.75) is 18.7 Å². The van der Waals surface area contributed by atoms with Crippen LogP contribution in [0.5, 0.6) is 0 Å². The molecule has 0 amide bonds. The molecule has 0 bridgehead atoms. The van der Waals surface area contributed by atoms with Crippen LogP contribution in [0.15, 0.2) is 34.3 Å². The normalized spacial score (nSPS) is 12.0. The van der Waals surface area contributed by atoms with Gasteiger partial charge in [-0.25, -0.2) is 4.79 Å². The quantitative estimate of drug-likeness (QED) is 0.323. The Morgan fingerprint density at radius 1 is 1.23 bits per heavy atom. The number of oxime groups is 1. The number of ketones is 1. The van der Waals surface area contributed by atoms with Gasteiger partial charge < -0.3 is 9.94 Å². The summed E-state index contributed by atoms with van der Waals surface area (Å²) < 4.78 is 28.3. The summed E-state index contributed by atoms with van der Waals surface area (Å²) in [6, 6.07) is 5.78.